The number of halogens is 1. The van der Waals surface area contributed by atoms with Crippen molar-refractivity contribution in [2.45, 2.75) is 38.1 Å². The largest absolute Gasteiger partial charge is 0.361 e. The lowest BCUT2D eigenvalue weighted by molar-refractivity contribution is -0.0222. The SMILES string of the molecule is Cc1cn([C@H]2C[C@H](N=[N+]=[N-])[C@@H](COP(=O)(CCl)NCCc3c[nH]c4ccccc34)O2)c(=O)[nH]c1=O. The predicted molar refractivity (Wildman–Crippen MR) is 132 cm³/mol. The molecule has 0 amide bonds. The highest BCUT2D eigenvalue weighted by molar-refractivity contribution is 7.58. The van der Waals surface area contributed by atoms with Crippen molar-refractivity contribution in [3.05, 3.63) is 79.1 Å². The summed E-state index contributed by atoms with van der Waals surface area (Å²) in [5.41, 5.74) is 9.98. The summed E-state index contributed by atoms with van der Waals surface area (Å²) in [4.78, 5) is 32.2. The number of para-hydroxylation sites is 1. The fourth-order valence-electron chi connectivity index (χ4n) is 4.04. The van der Waals surface area contributed by atoms with Crippen LogP contribution >= 0.6 is 19.1 Å². The van der Waals surface area contributed by atoms with Crippen LogP contribution in [0.15, 0.2) is 51.4 Å². The van der Waals surface area contributed by atoms with Crippen LogP contribution in [0.4, 0.5) is 0 Å². The molecule has 1 saturated heterocycles. The minimum Gasteiger partial charge on any atom is -0.361 e. The highest BCUT2D eigenvalue weighted by Gasteiger charge is 2.38. The normalized spacial score (nSPS) is 21.6. The van der Waals surface area contributed by atoms with Crippen LogP contribution in [0.1, 0.15) is 23.8 Å². The van der Waals surface area contributed by atoms with Gasteiger partial charge in [0.1, 0.15) is 11.8 Å². The fraction of sp³-hybridized carbons (Fsp3) is 0.429. The number of aryl methyl sites for hydroxylation is 1. The van der Waals surface area contributed by atoms with Crippen LogP contribution < -0.4 is 16.3 Å². The minimum absolute atomic E-state index is 0.165. The van der Waals surface area contributed by atoms with Gasteiger partial charge in [-0.3, -0.25) is 18.9 Å². The molecule has 3 N–H and O–H groups in total. The van der Waals surface area contributed by atoms with E-state index in [-0.39, 0.29) is 18.6 Å². The molecule has 1 aromatic carbocycles. The lowest BCUT2D eigenvalue weighted by atomic mass is 10.1. The average Bonchev–Trinajstić information content (AvgIpc) is 3.44. The molecule has 1 fully saturated rings. The molecule has 4 rings (SSSR count). The van der Waals surface area contributed by atoms with Crippen LogP contribution in [0.25, 0.3) is 21.3 Å². The van der Waals surface area contributed by atoms with Gasteiger partial charge in [0.25, 0.3) is 13.1 Å². The van der Waals surface area contributed by atoms with Crippen LogP contribution in [0.2, 0.25) is 0 Å². The van der Waals surface area contributed by atoms with Gasteiger partial charge >= 0.3 is 5.69 Å². The Hall–Kier alpha value is -2.85. The van der Waals surface area contributed by atoms with E-state index in [0.717, 1.165) is 16.5 Å². The molecule has 4 atom stereocenters. The summed E-state index contributed by atoms with van der Waals surface area (Å²) >= 11 is 5.97. The van der Waals surface area contributed by atoms with Crippen LogP contribution in [0.5, 0.6) is 0 Å². The molecule has 3 heterocycles. The number of rotatable bonds is 10. The van der Waals surface area contributed by atoms with E-state index in [1.54, 1.807) is 6.92 Å². The van der Waals surface area contributed by atoms with Gasteiger partial charge in [-0.1, -0.05) is 23.3 Å². The van der Waals surface area contributed by atoms with Gasteiger partial charge in [0, 0.05) is 46.7 Å². The van der Waals surface area contributed by atoms with Gasteiger partial charge in [-0.25, -0.2) is 9.88 Å². The fourth-order valence-corrected chi connectivity index (χ4v) is 5.58. The number of aromatic amines is 2. The Morgan fingerprint density at radius 1 is 1.40 bits per heavy atom. The Balaban J connectivity index is 1.39. The summed E-state index contributed by atoms with van der Waals surface area (Å²) in [7, 11) is -3.42. The predicted octanol–water partition coefficient (Wildman–Crippen LogP) is 3.53. The molecule has 1 aliphatic heterocycles. The number of nitrogens with one attached hydrogen (secondary N) is 3. The van der Waals surface area contributed by atoms with Gasteiger partial charge in [0.05, 0.1) is 18.8 Å². The third-order valence-corrected chi connectivity index (χ3v) is 8.42. The topological polar surface area (TPSA) is 167 Å². The van der Waals surface area contributed by atoms with Crippen LogP contribution in [0.3, 0.4) is 0 Å². The van der Waals surface area contributed by atoms with Gasteiger partial charge in [-0.05, 0) is 30.5 Å². The van der Waals surface area contributed by atoms with Crippen molar-refractivity contribution in [1.82, 2.24) is 19.6 Å². The second-order valence-corrected chi connectivity index (χ2v) is 11.1. The van der Waals surface area contributed by atoms with Crippen molar-refractivity contribution in [1.29, 1.82) is 0 Å². The number of H-pyrrole nitrogens is 2. The monoisotopic (exact) mass is 521 g/mol. The van der Waals surface area contributed by atoms with E-state index in [2.05, 4.69) is 25.1 Å². The highest BCUT2D eigenvalue weighted by atomic mass is 35.5. The zero-order valence-electron chi connectivity index (χ0n) is 18.9. The van der Waals surface area contributed by atoms with Crippen molar-refractivity contribution in [2.75, 3.05) is 18.8 Å². The van der Waals surface area contributed by atoms with Crippen molar-refractivity contribution in [3.63, 3.8) is 0 Å². The lowest BCUT2D eigenvalue weighted by Crippen LogP contribution is -2.33. The molecule has 1 aliphatic rings. The Morgan fingerprint density at radius 3 is 2.97 bits per heavy atom. The van der Waals surface area contributed by atoms with Gasteiger partial charge in [0.2, 0.25) is 0 Å². The first-order valence-electron chi connectivity index (χ1n) is 10.9. The maximum Gasteiger partial charge on any atom is 0.330 e. The van der Waals surface area contributed by atoms with E-state index in [0.29, 0.717) is 18.5 Å². The molecule has 3 aromatic rings. The minimum atomic E-state index is -3.42. The van der Waals surface area contributed by atoms with E-state index in [4.69, 9.17) is 26.4 Å². The number of nitrogens with zero attached hydrogens (tertiary/aromatic N) is 4. The zero-order chi connectivity index (χ0) is 25.0. The van der Waals surface area contributed by atoms with E-state index in [1.807, 2.05) is 30.5 Å². The van der Waals surface area contributed by atoms with E-state index < -0.39 is 37.1 Å². The van der Waals surface area contributed by atoms with Crippen LogP contribution in [0, 0.1) is 6.92 Å². The van der Waals surface area contributed by atoms with E-state index in [9.17, 15) is 14.2 Å². The zero-order valence-corrected chi connectivity index (χ0v) is 20.5. The molecule has 0 saturated carbocycles. The maximum atomic E-state index is 13.2. The Labute approximate surface area is 204 Å². The van der Waals surface area contributed by atoms with Crippen LogP contribution in [-0.4, -0.2) is 45.5 Å². The molecule has 2 aromatic heterocycles. The number of alkyl halides is 1. The van der Waals surface area contributed by atoms with Gasteiger partial charge in [-0.2, -0.15) is 0 Å². The molecule has 12 nitrogen and oxygen atoms in total. The number of fused-ring (bicyclic) bond motifs is 1. The first-order valence-corrected chi connectivity index (χ1v) is 13.3. The molecule has 186 valence electrons. The second kappa shape index (κ2) is 10.8. The number of azide groups is 1. The number of aromatic nitrogens is 3. The number of ether oxygens (including phenoxy) is 1. The molecule has 0 spiro atoms. The first kappa shape index (κ1) is 25.2. The summed E-state index contributed by atoms with van der Waals surface area (Å²) in [6.07, 6.45) is 2.54. The van der Waals surface area contributed by atoms with Crippen LogP contribution in [-0.2, 0) is 20.2 Å². The standard InChI is InChI=1S/C21H25ClN7O5P/c1-13-10-29(21(31)26-20(13)30)19-8-17(27-28-23)18(34-19)11-33-35(32,12-22)25-7-6-14-9-24-16-5-3-2-4-15(14)16/h2-5,9-10,17-19,24H,6-8,11-12H2,1H3,(H,25,32)(H,26,30,31)/t17-,18+,19+,35?/m0/s1. The van der Waals surface area contributed by atoms with Gasteiger partial charge in [0.15, 0.2) is 0 Å². The van der Waals surface area contributed by atoms with E-state index >= 15 is 0 Å². The maximum absolute atomic E-state index is 13.2. The average molecular weight is 522 g/mol. The lowest BCUT2D eigenvalue weighted by Gasteiger charge is -2.21. The van der Waals surface area contributed by atoms with Crippen molar-refractivity contribution in [3.8, 4) is 0 Å². The highest BCUT2D eigenvalue weighted by Crippen LogP contribution is 2.44. The molecular formula is C21H25ClN7O5P. The molecule has 0 aliphatic carbocycles. The van der Waals surface area contributed by atoms with E-state index in [1.165, 1.54) is 10.8 Å². The third-order valence-electron chi connectivity index (χ3n) is 5.89. The summed E-state index contributed by atoms with van der Waals surface area (Å²) in [6.45, 7) is 1.76. The number of benzene rings is 1. The van der Waals surface area contributed by atoms with Crippen molar-refractivity contribution >= 4 is 30.0 Å². The van der Waals surface area contributed by atoms with Crippen molar-refractivity contribution in [2.24, 2.45) is 5.11 Å². The van der Waals surface area contributed by atoms with Gasteiger partial charge < -0.3 is 14.2 Å². The first-order chi connectivity index (χ1) is 16.8. The molecular weight excluding hydrogens is 497 g/mol. The molecule has 1 unspecified atom stereocenters. The molecule has 35 heavy (non-hydrogen) atoms. The Kier molecular flexibility index (Phi) is 7.81. The Bertz CT molecular complexity index is 1410. The summed E-state index contributed by atoms with van der Waals surface area (Å²) in [5, 5.41) is 7.75. The summed E-state index contributed by atoms with van der Waals surface area (Å²) in [5.74, 6) is 0. The summed E-state index contributed by atoms with van der Waals surface area (Å²) in [6, 6.07) is 7.23. The second-order valence-electron chi connectivity index (χ2n) is 8.22. The third kappa shape index (κ3) is 5.70. The molecule has 14 heteroatoms. The number of hydrogen-bond donors (Lipinski definition) is 3. The Morgan fingerprint density at radius 2 is 2.20 bits per heavy atom. The molecule has 0 radical (unpaired) electrons. The van der Waals surface area contributed by atoms with Crippen molar-refractivity contribution < 1.29 is 13.8 Å². The quantitative estimate of drug-likeness (QED) is 0.121. The van der Waals surface area contributed by atoms with Gasteiger partial charge in [-0.15, -0.1) is 11.6 Å². The summed E-state index contributed by atoms with van der Waals surface area (Å²) < 4.78 is 25.9. The number of hydrogen-bond acceptors (Lipinski definition) is 6. The molecule has 0 bridgehead atoms. The smallest absolute Gasteiger partial charge is 0.330 e.